The Morgan fingerprint density at radius 2 is 1.49 bits per heavy atom. The number of hydrogen-bond acceptors (Lipinski definition) is 3. The van der Waals surface area contributed by atoms with Crippen LogP contribution < -0.4 is 10.6 Å². The van der Waals surface area contributed by atoms with E-state index in [2.05, 4.69) is 15.6 Å². The number of halogens is 3. The summed E-state index contributed by atoms with van der Waals surface area (Å²) in [6, 6.07) is 24.1. The largest absolute Gasteiger partial charge is 0.416 e. The van der Waals surface area contributed by atoms with Crippen molar-refractivity contribution in [3.8, 4) is 11.1 Å². The van der Waals surface area contributed by atoms with Crippen molar-refractivity contribution in [3.05, 3.63) is 114 Å². The highest BCUT2D eigenvalue weighted by atomic mass is 19.4. The molecular weight excluding hydrogens is 479 g/mol. The molecule has 4 rings (SSSR count). The van der Waals surface area contributed by atoms with Gasteiger partial charge in [-0.1, -0.05) is 48.5 Å². The van der Waals surface area contributed by atoms with Gasteiger partial charge in [0.05, 0.1) is 5.56 Å². The van der Waals surface area contributed by atoms with Crippen molar-refractivity contribution < 1.29 is 22.8 Å². The van der Waals surface area contributed by atoms with Crippen LogP contribution in [0.5, 0.6) is 0 Å². The summed E-state index contributed by atoms with van der Waals surface area (Å²) in [5, 5.41) is 5.60. The molecule has 0 aliphatic heterocycles. The van der Waals surface area contributed by atoms with Gasteiger partial charge in [-0.25, -0.2) is 4.98 Å². The molecule has 0 aliphatic rings. The molecule has 0 fully saturated rings. The number of benzene rings is 3. The van der Waals surface area contributed by atoms with Gasteiger partial charge in [-0.05, 0) is 72.0 Å². The number of nitrogens with one attached hydrogen (secondary N) is 2. The lowest BCUT2D eigenvalue weighted by atomic mass is 9.98. The van der Waals surface area contributed by atoms with Crippen molar-refractivity contribution in [1.29, 1.82) is 0 Å². The van der Waals surface area contributed by atoms with Gasteiger partial charge in [0.15, 0.2) is 0 Å². The molecule has 5 nitrogen and oxygen atoms in total. The van der Waals surface area contributed by atoms with Crippen LogP contribution in [0.25, 0.3) is 11.1 Å². The molecule has 0 radical (unpaired) electrons. The number of carbonyl (C=O) groups is 2. The van der Waals surface area contributed by atoms with Crippen molar-refractivity contribution in [2.45, 2.75) is 25.4 Å². The molecule has 0 unspecified atom stereocenters. The number of pyridine rings is 1. The van der Waals surface area contributed by atoms with Gasteiger partial charge < -0.3 is 10.6 Å². The second-order valence-corrected chi connectivity index (χ2v) is 8.39. The molecular formula is C29H24F3N3O2. The Bertz CT molecular complexity index is 1350. The summed E-state index contributed by atoms with van der Waals surface area (Å²) >= 11 is 0. The number of aromatic nitrogens is 1. The van der Waals surface area contributed by atoms with E-state index in [-0.39, 0.29) is 11.8 Å². The molecule has 1 aromatic heterocycles. The summed E-state index contributed by atoms with van der Waals surface area (Å²) in [6.07, 6.45) is -1.10. The van der Waals surface area contributed by atoms with Gasteiger partial charge in [0.2, 0.25) is 5.91 Å². The van der Waals surface area contributed by atoms with Crippen LogP contribution in [0, 0.1) is 0 Å². The van der Waals surface area contributed by atoms with E-state index >= 15 is 0 Å². The van der Waals surface area contributed by atoms with Gasteiger partial charge in [-0.2, -0.15) is 13.2 Å². The third kappa shape index (κ3) is 7.04. The van der Waals surface area contributed by atoms with Crippen LogP contribution in [0.4, 0.5) is 24.7 Å². The number of carbonyl (C=O) groups excluding carboxylic acids is 2. The van der Waals surface area contributed by atoms with Crippen molar-refractivity contribution in [3.63, 3.8) is 0 Å². The molecule has 0 bridgehead atoms. The second kappa shape index (κ2) is 11.5. The molecule has 37 heavy (non-hydrogen) atoms. The zero-order valence-corrected chi connectivity index (χ0v) is 19.8. The zero-order chi connectivity index (χ0) is 26.3. The maximum absolute atomic E-state index is 13.0. The molecule has 0 aliphatic carbocycles. The smallest absolute Gasteiger partial charge is 0.322 e. The third-order valence-electron chi connectivity index (χ3n) is 5.71. The van der Waals surface area contributed by atoms with Gasteiger partial charge in [-0.3, -0.25) is 9.59 Å². The maximum atomic E-state index is 13.0. The fourth-order valence-corrected chi connectivity index (χ4v) is 3.82. The highest BCUT2D eigenvalue weighted by molar-refractivity contribution is 6.08. The quantitative estimate of drug-likeness (QED) is 0.273. The molecule has 1 heterocycles. The average Bonchev–Trinajstić information content (AvgIpc) is 2.90. The molecule has 3 aromatic carbocycles. The highest BCUT2D eigenvalue weighted by Crippen LogP contribution is 2.32. The van der Waals surface area contributed by atoms with Gasteiger partial charge in [0, 0.05) is 23.9 Å². The molecule has 8 heteroatoms. The minimum Gasteiger partial charge on any atom is -0.322 e. The Kier molecular flexibility index (Phi) is 7.98. The topological polar surface area (TPSA) is 71.1 Å². The minimum absolute atomic E-state index is 0.103. The van der Waals surface area contributed by atoms with E-state index < -0.39 is 11.7 Å². The molecule has 0 saturated carbocycles. The molecule has 188 valence electrons. The predicted molar refractivity (Wildman–Crippen MR) is 137 cm³/mol. The highest BCUT2D eigenvalue weighted by Gasteiger charge is 2.30. The lowest BCUT2D eigenvalue weighted by molar-refractivity contribution is -0.137. The number of hydrogen-bond donors (Lipinski definition) is 2. The van der Waals surface area contributed by atoms with Crippen LogP contribution >= 0.6 is 0 Å². The van der Waals surface area contributed by atoms with E-state index in [4.69, 9.17) is 0 Å². The average molecular weight is 504 g/mol. The van der Waals surface area contributed by atoms with Crippen molar-refractivity contribution in [1.82, 2.24) is 4.98 Å². The zero-order valence-electron chi connectivity index (χ0n) is 19.8. The van der Waals surface area contributed by atoms with Crippen LogP contribution in [-0.4, -0.2) is 16.8 Å². The number of aryl methyl sites for hydroxylation is 1. The first-order valence-corrected chi connectivity index (χ1v) is 11.7. The lowest BCUT2D eigenvalue weighted by Crippen LogP contribution is -2.13. The van der Waals surface area contributed by atoms with E-state index in [0.29, 0.717) is 47.5 Å². The standard InChI is InChI=1S/C29H24F3N3O2/c30-29(31,32)22-15-13-21(14-16-22)24-7-1-2-8-25(24)28(37)34-23-17-11-20(12-18-23)6-5-10-27(36)35-26-9-3-4-19-33-26/h1-4,7-9,11-19H,5-6,10H2,(H,34,37)(H,33,35,36). The molecule has 0 spiro atoms. The maximum Gasteiger partial charge on any atom is 0.416 e. The second-order valence-electron chi connectivity index (χ2n) is 8.39. The Morgan fingerprint density at radius 1 is 0.784 bits per heavy atom. The van der Waals surface area contributed by atoms with Gasteiger partial charge in [0.1, 0.15) is 5.82 Å². The predicted octanol–water partition coefficient (Wildman–Crippen LogP) is 6.98. The molecule has 4 aromatic rings. The summed E-state index contributed by atoms with van der Waals surface area (Å²) in [5.74, 6) is 0.0521. The van der Waals surface area contributed by atoms with Crippen molar-refractivity contribution in [2.24, 2.45) is 0 Å². The Balaban J connectivity index is 1.34. The molecule has 0 atom stereocenters. The number of rotatable bonds is 8. The Morgan fingerprint density at radius 3 is 2.16 bits per heavy atom. The third-order valence-corrected chi connectivity index (χ3v) is 5.71. The normalized spacial score (nSPS) is 11.1. The van der Waals surface area contributed by atoms with Gasteiger partial charge >= 0.3 is 6.18 Å². The van der Waals surface area contributed by atoms with Crippen LogP contribution in [0.3, 0.4) is 0 Å². The number of amides is 2. The summed E-state index contributed by atoms with van der Waals surface area (Å²) < 4.78 is 38.7. The van der Waals surface area contributed by atoms with E-state index in [1.807, 2.05) is 12.1 Å². The van der Waals surface area contributed by atoms with Crippen LogP contribution in [0.2, 0.25) is 0 Å². The number of nitrogens with zero attached hydrogens (tertiary/aromatic N) is 1. The number of anilines is 2. The summed E-state index contributed by atoms with van der Waals surface area (Å²) in [7, 11) is 0. The van der Waals surface area contributed by atoms with E-state index in [0.717, 1.165) is 17.7 Å². The van der Waals surface area contributed by atoms with E-state index in [1.165, 1.54) is 12.1 Å². The minimum atomic E-state index is -4.42. The molecule has 2 amide bonds. The van der Waals surface area contributed by atoms with Gasteiger partial charge in [0.25, 0.3) is 5.91 Å². The number of alkyl halides is 3. The molecule has 2 N–H and O–H groups in total. The Hall–Kier alpha value is -4.46. The fourth-order valence-electron chi connectivity index (χ4n) is 3.82. The van der Waals surface area contributed by atoms with E-state index in [9.17, 15) is 22.8 Å². The van der Waals surface area contributed by atoms with Crippen molar-refractivity contribution in [2.75, 3.05) is 10.6 Å². The SMILES string of the molecule is O=C(CCCc1ccc(NC(=O)c2ccccc2-c2ccc(C(F)(F)F)cc2)cc1)Nc1ccccn1. The first-order chi connectivity index (χ1) is 17.8. The van der Waals surface area contributed by atoms with E-state index in [1.54, 1.807) is 60.8 Å². The monoisotopic (exact) mass is 503 g/mol. The van der Waals surface area contributed by atoms with Crippen LogP contribution in [0.1, 0.15) is 34.3 Å². The summed E-state index contributed by atoms with van der Waals surface area (Å²) in [6.45, 7) is 0. The van der Waals surface area contributed by atoms with Crippen molar-refractivity contribution >= 4 is 23.3 Å². The Labute approximate surface area is 212 Å². The molecule has 0 saturated heterocycles. The summed E-state index contributed by atoms with van der Waals surface area (Å²) in [5.41, 5.74) is 2.27. The summed E-state index contributed by atoms with van der Waals surface area (Å²) in [4.78, 5) is 29.1. The lowest BCUT2D eigenvalue weighted by Gasteiger charge is -2.12. The first kappa shape index (κ1) is 25.6. The fraction of sp³-hybridized carbons (Fsp3) is 0.138. The first-order valence-electron chi connectivity index (χ1n) is 11.7. The van der Waals surface area contributed by atoms with Gasteiger partial charge in [-0.15, -0.1) is 0 Å². The van der Waals surface area contributed by atoms with Crippen LogP contribution in [-0.2, 0) is 17.4 Å². The van der Waals surface area contributed by atoms with Crippen LogP contribution in [0.15, 0.2) is 97.2 Å².